The van der Waals surface area contributed by atoms with Gasteiger partial charge in [0, 0.05) is 23.1 Å². The Bertz CT molecular complexity index is 679. The highest BCUT2D eigenvalue weighted by atomic mass is 32.1. The molecule has 25 heavy (non-hydrogen) atoms. The summed E-state index contributed by atoms with van der Waals surface area (Å²) in [5, 5.41) is 8.35. The van der Waals surface area contributed by atoms with Gasteiger partial charge < -0.3 is 20.1 Å². The lowest BCUT2D eigenvalue weighted by atomic mass is 10.2. The minimum atomic E-state index is -2.90. The van der Waals surface area contributed by atoms with Crippen molar-refractivity contribution in [2.24, 2.45) is 4.99 Å². The molecule has 5 nitrogen and oxygen atoms in total. The molecule has 0 saturated carbocycles. The smallest absolute Gasteiger partial charge is 0.387 e. The molecule has 0 aliphatic rings. The van der Waals surface area contributed by atoms with Gasteiger partial charge >= 0.3 is 6.61 Å². The largest absolute Gasteiger partial charge is 0.497 e. The number of aliphatic imine (C=N–C) groups is 1. The van der Waals surface area contributed by atoms with Gasteiger partial charge in [0.1, 0.15) is 11.5 Å². The zero-order chi connectivity index (χ0) is 18.1. The molecule has 8 heteroatoms. The molecule has 0 fully saturated rings. The lowest BCUT2D eigenvalue weighted by Crippen LogP contribution is -2.36. The number of halogens is 2. The second kappa shape index (κ2) is 9.83. The molecular formula is C17H21F2N3O2S. The summed E-state index contributed by atoms with van der Waals surface area (Å²) in [7, 11) is 1.47. The Morgan fingerprint density at radius 3 is 2.76 bits per heavy atom. The van der Waals surface area contributed by atoms with E-state index in [1.54, 1.807) is 23.5 Å². The topological polar surface area (TPSA) is 54.9 Å². The fraction of sp³-hybridized carbons (Fsp3) is 0.353. The number of alkyl halides is 2. The molecule has 0 bridgehead atoms. The van der Waals surface area contributed by atoms with E-state index in [2.05, 4.69) is 20.4 Å². The molecule has 1 heterocycles. The van der Waals surface area contributed by atoms with Gasteiger partial charge in [0.25, 0.3) is 0 Å². The maximum Gasteiger partial charge on any atom is 0.387 e. The van der Waals surface area contributed by atoms with Crippen LogP contribution in [0.4, 0.5) is 8.78 Å². The molecule has 0 aliphatic heterocycles. The monoisotopic (exact) mass is 369 g/mol. The summed E-state index contributed by atoms with van der Waals surface area (Å²) in [4.78, 5) is 5.62. The Kier molecular flexibility index (Phi) is 7.46. The number of nitrogens with one attached hydrogen (secondary N) is 2. The minimum absolute atomic E-state index is 0.0622. The molecule has 0 aliphatic carbocycles. The summed E-state index contributed by atoms with van der Waals surface area (Å²) in [5.74, 6) is 1.12. The first-order valence-corrected chi connectivity index (χ1v) is 8.66. The molecule has 2 aromatic rings. The molecule has 2 N–H and O–H groups in total. The van der Waals surface area contributed by atoms with Crippen LogP contribution >= 0.6 is 11.3 Å². The number of hydrogen-bond acceptors (Lipinski definition) is 4. The number of ether oxygens (including phenoxy) is 2. The molecule has 2 rings (SSSR count). The summed E-state index contributed by atoms with van der Waals surface area (Å²) in [5.41, 5.74) is 0.550. The number of thiophene rings is 1. The van der Waals surface area contributed by atoms with E-state index < -0.39 is 6.61 Å². The Balaban J connectivity index is 2.09. The van der Waals surface area contributed by atoms with Crippen LogP contribution in [-0.2, 0) is 13.1 Å². The number of hydrogen-bond donors (Lipinski definition) is 2. The molecule has 0 spiro atoms. The van der Waals surface area contributed by atoms with Crippen LogP contribution in [-0.4, -0.2) is 26.2 Å². The van der Waals surface area contributed by atoms with Gasteiger partial charge in [-0.1, -0.05) is 6.07 Å². The maximum absolute atomic E-state index is 12.6. The first kappa shape index (κ1) is 19.0. The van der Waals surface area contributed by atoms with Crippen molar-refractivity contribution < 1.29 is 18.3 Å². The van der Waals surface area contributed by atoms with E-state index in [4.69, 9.17) is 4.74 Å². The normalized spacial score (nSPS) is 11.5. The number of nitrogens with zero attached hydrogens (tertiary/aromatic N) is 1. The third-order valence-corrected chi connectivity index (χ3v) is 4.13. The Hall–Kier alpha value is -2.35. The standard InChI is InChI=1S/C17H21F2N3O2S/c1-3-20-17(22-11-14-5-4-8-25-14)21-10-12-6-7-13(23-2)9-15(12)24-16(18)19/h4-9,16H,3,10-11H2,1-2H3,(H2,20,21,22). The summed E-state index contributed by atoms with van der Waals surface area (Å²) >= 11 is 1.65. The Morgan fingerprint density at radius 1 is 1.28 bits per heavy atom. The molecule has 1 aromatic heterocycles. The van der Waals surface area contributed by atoms with Crippen LogP contribution in [0.1, 0.15) is 17.4 Å². The molecule has 0 amide bonds. The predicted octanol–water partition coefficient (Wildman–Crippen LogP) is 3.61. The molecular weight excluding hydrogens is 348 g/mol. The van der Waals surface area contributed by atoms with Gasteiger partial charge in [-0.25, -0.2) is 4.99 Å². The second-order valence-electron chi connectivity index (χ2n) is 4.98. The van der Waals surface area contributed by atoms with E-state index in [0.29, 0.717) is 30.4 Å². The number of guanidine groups is 1. The zero-order valence-electron chi connectivity index (χ0n) is 14.1. The van der Waals surface area contributed by atoms with Crippen LogP contribution in [0.5, 0.6) is 11.5 Å². The minimum Gasteiger partial charge on any atom is -0.497 e. The number of benzene rings is 1. The first-order chi connectivity index (χ1) is 12.1. The number of rotatable bonds is 8. The summed E-state index contributed by atoms with van der Waals surface area (Å²) in [6.45, 7) is 0.596. The molecule has 136 valence electrons. The van der Waals surface area contributed by atoms with Crippen molar-refractivity contribution in [3.63, 3.8) is 0 Å². The second-order valence-corrected chi connectivity index (χ2v) is 6.01. The van der Waals surface area contributed by atoms with Crippen LogP contribution in [0.2, 0.25) is 0 Å². The quantitative estimate of drug-likeness (QED) is 0.551. The zero-order valence-corrected chi connectivity index (χ0v) is 14.9. The molecule has 0 radical (unpaired) electrons. The molecule has 0 unspecified atom stereocenters. The van der Waals surface area contributed by atoms with Crippen molar-refractivity contribution in [2.45, 2.75) is 26.6 Å². The average Bonchev–Trinajstić information content (AvgIpc) is 3.11. The van der Waals surface area contributed by atoms with Crippen LogP contribution in [0.25, 0.3) is 0 Å². The highest BCUT2D eigenvalue weighted by Gasteiger charge is 2.11. The van der Waals surface area contributed by atoms with Crippen molar-refractivity contribution in [1.29, 1.82) is 0 Å². The third kappa shape index (κ3) is 6.22. The fourth-order valence-electron chi connectivity index (χ4n) is 2.09. The van der Waals surface area contributed by atoms with Gasteiger partial charge in [-0.3, -0.25) is 0 Å². The Morgan fingerprint density at radius 2 is 2.12 bits per heavy atom. The van der Waals surface area contributed by atoms with E-state index >= 15 is 0 Å². The third-order valence-electron chi connectivity index (χ3n) is 3.25. The van der Waals surface area contributed by atoms with Crippen molar-refractivity contribution in [2.75, 3.05) is 13.7 Å². The van der Waals surface area contributed by atoms with Crippen LogP contribution in [0.15, 0.2) is 40.7 Å². The first-order valence-electron chi connectivity index (χ1n) is 7.78. The van der Waals surface area contributed by atoms with E-state index in [1.165, 1.54) is 18.1 Å². The predicted molar refractivity (Wildman–Crippen MR) is 95.6 cm³/mol. The van der Waals surface area contributed by atoms with Gasteiger partial charge in [-0.2, -0.15) is 8.78 Å². The highest BCUT2D eigenvalue weighted by molar-refractivity contribution is 7.09. The molecule has 0 atom stereocenters. The van der Waals surface area contributed by atoms with Crippen molar-refractivity contribution in [1.82, 2.24) is 10.6 Å². The van der Waals surface area contributed by atoms with Crippen molar-refractivity contribution in [3.05, 3.63) is 46.2 Å². The van der Waals surface area contributed by atoms with Gasteiger partial charge in [-0.05, 0) is 30.5 Å². The average molecular weight is 369 g/mol. The van der Waals surface area contributed by atoms with Crippen molar-refractivity contribution in [3.8, 4) is 11.5 Å². The van der Waals surface area contributed by atoms with Crippen LogP contribution < -0.4 is 20.1 Å². The number of methoxy groups -OCH3 is 1. The molecule has 0 saturated heterocycles. The van der Waals surface area contributed by atoms with E-state index in [1.807, 2.05) is 24.4 Å². The highest BCUT2D eigenvalue weighted by Crippen LogP contribution is 2.27. The van der Waals surface area contributed by atoms with E-state index in [0.717, 1.165) is 0 Å². The van der Waals surface area contributed by atoms with Gasteiger partial charge in [0.05, 0.1) is 20.2 Å². The summed E-state index contributed by atoms with van der Waals surface area (Å²) < 4.78 is 34.9. The van der Waals surface area contributed by atoms with Crippen molar-refractivity contribution >= 4 is 17.3 Å². The lowest BCUT2D eigenvalue weighted by Gasteiger charge is -2.13. The lowest BCUT2D eigenvalue weighted by molar-refractivity contribution is -0.0505. The summed E-state index contributed by atoms with van der Waals surface area (Å²) in [6, 6.07) is 8.80. The van der Waals surface area contributed by atoms with Gasteiger partial charge in [-0.15, -0.1) is 11.3 Å². The van der Waals surface area contributed by atoms with E-state index in [-0.39, 0.29) is 12.3 Å². The summed E-state index contributed by atoms with van der Waals surface area (Å²) in [6.07, 6.45) is 0. The Labute approximate surface area is 149 Å². The van der Waals surface area contributed by atoms with Gasteiger partial charge in [0.15, 0.2) is 5.96 Å². The van der Waals surface area contributed by atoms with Gasteiger partial charge in [0.2, 0.25) is 0 Å². The van der Waals surface area contributed by atoms with Crippen LogP contribution in [0.3, 0.4) is 0 Å². The SMILES string of the molecule is CCNC(=NCc1ccc(OC)cc1OC(F)F)NCc1cccs1. The fourth-order valence-corrected chi connectivity index (χ4v) is 2.73. The molecule has 1 aromatic carbocycles. The van der Waals surface area contributed by atoms with Crippen LogP contribution in [0, 0.1) is 0 Å². The van der Waals surface area contributed by atoms with E-state index in [9.17, 15) is 8.78 Å². The maximum atomic E-state index is 12.6.